The zero-order valence-corrected chi connectivity index (χ0v) is 12.2. The van der Waals surface area contributed by atoms with Crippen LogP contribution in [0.3, 0.4) is 0 Å². The van der Waals surface area contributed by atoms with Gasteiger partial charge < -0.3 is 15.4 Å². The second kappa shape index (κ2) is 5.44. The van der Waals surface area contributed by atoms with E-state index in [0.717, 1.165) is 11.3 Å². The van der Waals surface area contributed by atoms with Crippen LogP contribution in [0.2, 0.25) is 0 Å². The number of nitrogens with two attached hydrogens (primary N) is 1. The van der Waals surface area contributed by atoms with Crippen LogP contribution in [0.25, 0.3) is 0 Å². The van der Waals surface area contributed by atoms with Crippen molar-refractivity contribution >= 4 is 11.6 Å². The molecule has 5 nitrogen and oxygen atoms in total. The third-order valence-corrected chi connectivity index (χ3v) is 3.65. The molecule has 1 unspecified atom stereocenters. The number of anilines is 1. The quantitative estimate of drug-likeness (QED) is 0.938. The lowest BCUT2D eigenvalue weighted by Crippen LogP contribution is -2.36. The number of benzene rings is 1. The van der Waals surface area contributed by atoms with E-state index in [1.165, 1.54) is 5.56 Å². The summed E-state index contributed by atoms with van der Waals surface area (Å²) in [6, 6.07) is 12.2. The molecule has 0 aliphatic carbocycles. The summed E-state index contributed by atoms with van der Waals surface area (Å²) in [5.74, 6) is 1.15. The van der Waals surface area contributed by atoms with Crippen LogP contribution in [0.4, 0.5) is 5.69 Å². The standard InChI is InChI=1S/C16H18N4O/c1-11-3-6-13(7-4-11)20-14(10-19-16(20)17)12-5-8-15(21-2)18-9-12/h3-9,14H,10H2,1-2H3,(H2,17,19). The summed E-state index contributed by atoms with van der Waals surface area (Å²) in [6.45, 7) is 2.70. The van der Waals surface area contributed by atoms with Crippen LogP contribution in [0.15, 0.2) is 47.6 Å². The Morgan fingerprint density at radius 1 is 1.19 bits per heavy atom. The van der Waals surface area contributed by atoms with E-state index in [-0.39, 0.29) is 6.04 Å². The normalized spacial score (nSPS) is 17.7. The maximum Gasteiger partial charge on any atom is 0.212 e. The van der Waals surface area contributed by atoms with Gasteiger partial charge in [0.1, 0.15) is 0 Å². The molecule has 0 spiro atoms. The molecule has 1 aliphatic heterocycles. The largest absolute Gasteiger partial charge is 0.481 e. The third kappa shape index (κ3) is 2.54. The van der Waals surface area contributed by atoms with E-state index in [2.05, 4.69) is 41.2 Å². The number of ether oxygens (including phenoxy) is 1. The summed E-state index contributed by atoms with van der Waals surface area (Å²) in [4.78, 5) is 10.7. The van der Waals surface area contributed by atoms with Gasteiger partial charge in [0.25, 0.3) is 0 Å². The summed E-state index contributed by atoms with van der Waals surface area (Å²) in [5.41, 5.74) is 9.39. The SMILES string of the molecule is COc1ccc(C2CN=C(N)N2c2ccc(C)cc2)cn1. The fraction of sp³-hybridized carbons (Fsp3) is 0.250. The highest BCUT2D eigenvalue weighted by Gasteiger charge is 2.29. The van der Waals surface area contributed by atoms with Crippen molar-refractivity contribution in [2.75, 3.05) is 18.6 Å². The van der Waals surface area contributed by atoms with Gasteiger partial charge in [-0.05, 0) is 30.7 Å². The topological polar surface area (TPSA) is 63.7 Å². The summed E-state index contributed by atoms with van der Waals surface area (Å²) < 4.78 is 5.10. The average Bonchev–Trinajstić information content (AvgIpc) is 2.90. The number of aliphatic imine (C=N–C) groups is 1. The molecule has 3 rings (SSSR count). The summed E-state index contributed by atoms with van der Waals surface area (Å²) in [5, 5.41) is 0. The van der Waals surface area contributed by atoms with Crippen molar-refractivity contribution in [2.24, 2.45) is 10.7 Å². The number of rotatable bonds is 3. The van der Waals surface area contributed by atoms with E-state index in [1.54, 1.807) is 7.11 Å². The predicted octanol–water partition coefficient (Wildman–Crippen LogP) is 2.27. The van der Waals surface area contributed by atoms with E-state index in [4.69, 9.17) is 10.5 Å². The molecule has 0 saturated carbocycles. The van der Waals surface area contributed by atoms with Gasteiger partial charge in [0.15, 0.2) is 5.96 Å². The van der Waals surface area contributed by atoms with Crippen molar-refractivity contribution < 1.29 is 4.74 Å². The van der Waals surface area contributed by atoms with Gasteiger partial charge in [0, 0.05) is 18.0 Å². The minimum Gasteiger partial charge on any atom is -0.481 e. The maximum atomic E-state index is 6.06. The third-order valence-electron chi connectivity index (χ3n) is 3.65. The molecular formula is C16H18N4O. The van der Waals surface area contributed by atoms with Crippen LogP contribution in [0.1, 0.15) is 17.2 Å². The lowest BCUT2D eigenvalue weighted by molar-refractivity contribution is 0.397. The van der Waals surface area contributed by atoms with Crippen molar-refractivity contribution in [1.82, 2.24) is 4.98 Å². The first-order chi connectivity index (χ1) is 10.2. The highest BCUT2D eigenvalue weighted by Crippen LogP contribution is 2.31. The zero-order chi connectivity index (χ0) is 14.8. The van der Waals surface area contributed by atoms with Crippen molar-refractivity contribution in [1.29, 1.82) is 0 Å². The summed E-state index contributed by atoms with van der Waals surface area (Å²) in [7, 11) is 1.61. The first-order valence-corrected chi connectivity index (χ1v) is 6.85. The summed E-state index contributed by atoms with van der Waals surface area (Å²) in [6.07, 6.45) is 1.82. The Kier molecular flexibility index (Phi) is 3.48. The Hall–Kier alpha value is -2.56. The number of aromatic nitrogens is 1. The molecule has 5 heteroatoms. The molecule has 1 atom stereocenters. The van der Waals surface area contributed by atoms with Gasteiger partial charge in [-0.15, -0.1) is 0 Å². The Bertz CT molecular complexity index is 649. The number of guanidine groups is 1. The van der Waals surface area contributed by atoms with Crippen LogP contribution >= 0.6 is 0 Å². The lowest BCUT2D eigenvalue weighted by Gasteiger charge is -2.26. The second-order valence-electron chi connectivity index (χ2n) is 5.05. The number of hydrogen-bond acceptors (Lipinski definition) is 5. The minimum absolute atomic E-state index is 0.0751. The van der Waals surface area contributed by atoms with Crippen LogP contribution in [0.5, 0.6) is 5.88 Å². The van der Waals surface area contributed by atoms with Crippen LogP contribution in [-0.2, 0) is 0 Å². The van der Waals surface area contributed by atoms with E-state index in [0.29, 0.717) is 18.4 Å². The molecule has 108 valence electrons. The number of methoxy groups -OCH3 is 1. The van der Waals surface area contributed by atoms with Crippen molar-refractivity contribution in [3.8, 4) is 5.88 Å². The van der Waals surface area contributed by atoms with Crippen molar-refractivity contribution in [2.45, 2.75) is 13.0 Å². The molecule has 1 aliphatic rings. The number of aryl methyl sites for hydroxylation is 1. The molecule has 0 fully saturated rings. The van der Waals surface area contributed by atoms with E-state index in [9.17, 15) is 0 Å². The molecule has 21 heavy (non-hydrogen) atoms. The first kappa shape index (κ1) is 13.4. The molecule has 0 amide bonds. The fourth-order valence-corrected chi connectivity index (χ4v) is 2.48. The average molecular weight is 282 g/mol. The summed E-state index contributed by atoms with van der Waals surface area (Å²) >= 11 is 0. The van der Waals surface area contributed by atoms with Crippen LogP contribution in [-0.4, -0.2) is 24.6 Å². The lowest BCUT2D eigenvalue weighted by atomic mass is 10.1. The molecule has 2 aromatic rings. The Morgan fingerprint density at radius 2 is 1.95 bits per heavy atom. The molecule has 0 radical (unpaired) electrons. The number of hydrogen-bond donors (Lipinski definition) is 1. The molecular weight excluding hydrogens is 264 g/mol. The van der Waals surface area contributed by atoms with Gasteiger partial charge in [-0.1, -0.05) is 17.7 Å². The maximum absolute atomic E-state index is 6.06. The molecule has 2 N–H and O–H groups in total. The van der Waals surface area contributed by atoms with Crippen molar-refractivity contribution in [3.05, 3.63) is 53.7 Å². The van der Waals surface area contributed by atoms with Gasteiger partial charge in [0.2, 0.25) is 5.88 Å². The Balaban J connectivity index is 1.92. The molecule has 1 aromatic carbocycles. The first-order valence-electron chi connectivity index (χ1n) is 6.85. The van der Waals surface area contributed by atoms with Gasteiger partial charge in [-0.25, -0.2) is 4.98 Å². The highest BCUT2D eigenvalue weighted by atomic mass is 16.5. The molecule has 1 aromatic heterocycles. The smallest absolute Gasteiger partial charge is 0.212 e. The van der Waals surface area contributed by atoms with Crippen LogP contribution in [0, 0.1) is 6.92 Å². The number of nitrogens with zero attached hydrogens (tertiary/aromatic N) is 3. The van der Waals surface area contributed by atoms with Gasteiger partial charge >= 0.3 is 0 Å². The number of pyridine rings is 1. The fourth-order valence-electron chi connectivity index (χ4n) is 2.48. The Morgan fingerprint density at radius 3 is 2.57 bits per heavy atom. The Labute approximate surface area is 124 Å². The van der Waals surface area contributed by atoms with E-state index in [1.807, 2.05) is 23.2 Å². The van der Waals surface area contributed by atoms with Crippen LogP contribution < -0.4 is 15.4 Å². The predicted molar refractivity (Wildman–Crippen MR) is 83.7 cm³/mol. The minimum atomic E-state index is 0.0751. The van der Waals surface area contributed by atoms with E-state index >= 15 is 0 Å². The highest BCUT2D eigenvalue weighted by molar-refractivity contribution is 5.97. The molecule has 2 heterocycles. The van der Waals surface area contributed by atoms with Gasteiger partial charge in [-0.2, -0.15) is 0 Å². The van der Waals surface area contributed by atoms with Gasteiger partial charge in [-0.3, -0.25) is 4.99 Å². The zero-order valence-electron chi connectivity index (χ0n) is 12.2. The van der Waals surface area contributed by atoms with Crippen molar-refractivity contribution in [3.63, 3.8) is 0 Å². The second-order valence-corrected chi connectivity index (χ2v) is 5.05. The van der Waals surface area contributed by atoms with E-state index < -0.39 is 0 Å². The molecule has 0 saturated heterocycles. The van der Waals surface area contributed by atoms with Gasteiger partial charge in [0.05, 0.1) is 19.7 Å². The monoisotopic (exact) mass is 282 g/mol. The molecule has 0 bridgehead atoms.